The van der Waals surface area contributed by atoms with E-state index in [-0.39, 0.29) is 0 Å². The fraction of sp³-hybridized carbons (Fsp3) is 0.583. The Kier molecular flexibility index (Phi) is 5.66. The van der Waals surface area contributed by atoms with Crippen molar-refractivity contribution in [1.29, 1.82) is 0 Å². The van der Waals surface area contributed by atoms with Crippen LogP contribution in [-0.4, -0.2) is 23.0 Å². The van der Waals surface area contributed by atoms with Gasteiger partial charge in [-0.15, -0.1) is 0 Å². The SMILES string of the molecule is CCCCN(CC)Cc1cccc(Cl)n1. The standard InChI is InChI=1S/C12H19ClN2/c1-3-5-9-15(4-2)10-11-7-6-8-12(13)14-11/h6-8H,3-5,9-10H2,1-2H3. The summed E-state index contributed by atoms with van der Waals surface area (Å²) in [6.07, 6.45) is 2.48. The maximum absolute atomic E-state index is 5.85. The highest BCUT2D eigenvalue weighted by molar-refractivity contribution is 6.29. The van der Waals surface area contributed by atoms with Crippen molar-refractivity contribution in [1.82, 2.24) is 9.88 Å². The van der Waals surface area contributed by atoms with Gasteiger partial charge in [-0.25, -0.2) is 4.98 Å². The van der Waals surface area contributed by atoms with Crippen molar-refractivity contribution in [2.24, 2.45) is 0 Å². The zero-order chi connectivity index (χ0) is 11.1. The van der Waals surface area contributed by atoms with E-state index in [1.165, 1.54) is 12.8 Å². The summed E-state index contributed by atoms with van der Waals surface area (Å²) in [6, 6.07) is 5.80. The molecule has 1 aromatic heterocycles. The number of unbranched alkanes of at least 4 members (excludes halogenated alkanes) is 1. The van der Waals surface area contributed by atoms with Crippen molar-refractivity contribution in [3.05, 3.63) is 29.0 Å². The summed E-state index contributed by atoms with van der Waals surface area (Å²) >= 11 is 5.85. The topological polar surface area (TPSA) is 16.1 Å². The molecule has 2 nitrogen and oxygen atoms in total. The van der Waals surface area contributed by atoms with Crippen LogP contribution < -0.4 is 0 Å². The lowest BCUT2D eigenvalue weighted by Gasteiger charge is -2.19. The zero-order valence-electron chi connectivity index (χ0n) is 9.54. The first-order valence-corrected chi connectivity index (χ1v) is 5.97. The first kappa shape index (κ1) is 12.5. The lowest BCUT2D eigenvalue weighted by atomic mass is 10.3. The summed E-state index contributed by atoms with van der Waals surface area (Å²) in [6.45, 7) is 7.50. The number of hydrogen-bond donors (Lipinski definition) is 0. The molecule has 0 aliphatic carbocycles. The highest BCUT2D eigenvalue weighted by Crippen LogP contribution is 2.08. The quantitative estimate of drug-likeness (QED) is 0.692. The van der Waals surface area contributed by atoms with Gasteiger partial charge >= 0.3 is 0 Å². The fourth-order valence-corrected chi connectivity index (χ4v) is 1.68. The minimum Gasteiger partial charge on any atom is -0.298 e. The van der Waals surface area contributed by atoms with Crippen LogP contribution in [0, 0.1) is 0 Å². The highest BCUT2D eigenvalue weighted by Gasteiger charge is 2.04. The number of halogens is 1. The Morgan fingerprint density at radius 3 is 2.73 bits per heavy atom. The average molecular weight is 227 g/mol. The van der Waals surface area contributed by atoms with Crippen molar-refractivity contribution in [3.63, 3.8) is 0 Å². The molecule has 0 fully saturated rings. The number of hydrogen-bond acceptors (Lipinski definition) is 2. The van der Waals surface area contributed by atoms with Crippen LogP contribution in [0.3, 0.4) is 0 Å². The molecule has 0 saturated heterocycles. The van der Waals surface area contributed by atoms with Gasteiger partial charge < -0.3 is 0 Å². The molecule has 15 heavy (non-hydrogen) atoms. The van der Waals surface area contributed by atoms with Crippen LogP contribution in [-0.2, 0) is 6.54 Å². The second-order valence-corrected chi connectivity index (χ2v) is 4.06. The van der Waals surface area contributed by atoms with E-state index in [1.807, 2.05) is 18.2 Å². The average Bonchev–Trinajstić information content (AvgIpc) is 2.24. The molecule has 84 valence electrons. The Morgan fingerprint density at radius 1 is 1.33 bits per heavy atom. The summed E-state index contributed by atoms with van der Waals surface area (Å²) in [5.41, 5.74) is 1.06. The fourth-order valence-electron chi connectivity index (χ4n) is 1.50. The Balaban J connectivity index is 2.50. The molecule has 0 spiro atoms. The molecule has 1 heterocycles. The lowest BCUT2D eigenvalue weighted by Crippen LogP contribution is -2.24. The molecular formula is C12H19ClN2. The predicted octanol–water partition coefficient (Wildman–Crippen LogP) is 3.36. The molecule has 0 aromatic carbocycles. The van der Waals surface area contributed by atoms with Gasteiger partial charge in [0.25, 0.3) is 0 Å². The lowest BCUT2D eigenvalue weighted by molar-refractivity contribution is 0.272. The zero-order valence-corrected chi connectivity index (χ0v) is 10.3. The Labute approximate surface area is 97.3 Å². The summed E-state index contributed by atoms with van der Waals surface area (Å²) < 4.78 is 0. The maximum atomic E-state index is 5.85. The van der Waals surface area contributed by atoms with Crippen molar-refractivity contribution in [2.75, 3.05) is 13.1 Å². The van der Waals surface area contributed by atoms with Crippen LogP contribution >= 0.6 is 11.6 Å². The maximum Gasteiger partial charge on any atom is 0.129 e. The van der Waals surface area contributed by atoms with E-state index < -0.39 is 0 Å². The minimum atomic E-state index is 0.582. The van der Waals surface area contributed by atoms with E-state index >= 15 is 0 Å². The van der Waals surface area contributed by atoms with E-state index in [4.69, 9.17) is 11.6 Å². The molecule has 0 radical (unpaired) electrons. The van der Waals surface area contributed by atoms with E-state index in [1.54, 1.807) is 0 Å². The molecule has 0 N–H and O–H groups in total. The van der Waals surface area contributed by atoms with Crippen molar-refractivity contribution >= 4 is 11.6 Å². The van der Waals surface area contributed by atoms with Gasteiger partial charge in [-0.05, 0) is 31.6 Å². The first-order chi connectivity index (χ1) is 7.26. The van der Waals surface area contributed by atoms with Crippen LogP contribution in [0.15, 0.2) is 18.2 Å². The van der Waals surface area contributed by atoms with Gasteiger partial charge in [0.1, 0.15) is 5.15 Å². The monoisotopic (exact) mass is 226 g/mol. The second-order valence-electron chi connectivity index (χ2n) is 3.67. The third-order valence-corrected chi connectivity index (χ3v) is 2.64. The summed E-state index contributed by atoms with van der Waals surface area (Å²) in [5.74, 6) is 0. The molecule has 1 aromatic rings. The van der Waals surface area contributed by atoms with Gasteiger partial charge in [0.2, 0.25) is 0 Å². The van der Waals surface area contributed by atoms with Crippen LogP contribution in [0.25, 0.3) is 0 Å². The predicted molar refractivity (Wildman–Crippen MR) is 65.1 cm³/mol. The van der Waals surface area contributed by atoms with Crippen LogP contribution in [0.2, 0.25) is 5.15 Å². The summed E-state index contributed by atoms with van der Waals surface area (Å²) in [7, 11) is 0. The summed E-state index contributed by atoms with van der Waals surface area (Å²) in [4.78, 5) is 6.68. The van der Waals surface area contributed by atoms with E-state index in [0.29, 0.717) is 5.15 Å². The molecule has 3 heteroatoms. The molecule has 0 atom stereocenters. The summed E-state index contributed by atoms with van der Waals surface area (Å²) in [5, 5.41) is 0.582. The largest absolute Gasteiger partial charge is 0.298 e. The van der Waals surface area contributed by atoms with Crippen LogP contribution in [0.4, 0.5) is 0 Å². The number of rotatable bonds is 6. The third kappa shape index (κ3) is 4.63. The molecule has 0 aliphatic heterocycles. The van der Waals surface area contributed by atoms with E-state index in [0.717, 1.165) is 25.3 Å². The minimum absolute atomic E-state index is 0.582. The van der Waals surface area contributed by atoms with Crippen LogP contribution in [0.5, 0.6) is 0 Å². The molecule has 0 amide bonds. The molecule has 1 rings (SSSR count). The van der Waals surface area contributed by atoms with Gasteiger partial charge in [-0.3, -0.25) is 4.90 Å². The Hall–Kier alpha value is -0.600. The van der Waals surface area contributed by atoms with Crippen molar-refractivity contribution in [2.45, 2.75) is 33.2 Å². The normalized spacial score (nSPS) is 10.9. The number of pyridine rings is 1. The van der Waals surface area contributed by atoms with E-state index in [2.05, 4.69) is 23.7 Å². The van der Waals surface area contributed by atoms with Gasteiger partial charge in [-0.2, -0.15) is 0 Å². The molecule has 0 aliphatic rings. The van der Waals surface area contributed by atoms with Gasteiger partial charge in [0.15, 0.2) is 0 Å². The Morgan fingerprint density at radius 2 is 2.13 bits per heavy atom. The molecule has 0 saturated carbocycles. The first-order valence-electron chi connectivity index (χ1n) is 5.60. The number of nitrogens with zero attached hydrogens (tertiary/aromatic N) is 2. The molecule has 0 unspecified atom stereocenters. The molecular weight excluding hydrogens is 208 g/mol. The van der Waals surface area contributed by atoms with Gasteiger partial charge in [0, 0.05) is 6.54 Å². The Bertz CT molecular complexity index is 289. The number of aromatic nitrogens is 1. The van der Waals surface area contributed by atoms with E-state index in [9.17, 15) is 0 Å². The van der Waals surface area contributed by atoms with Gasteiger partial charge in [-0.1, -0.05) is 37.9 Å². The second kappa shape index (κ2) is 6.81. The highest BCUT2D eigenvalue weighted by atomic mass is 35.5. The smallest absolute Gasteiger partial charge is 0.129 e. The van der Waals surface area contributed by atoms with Crippen molar-refractivity contribution < 1.29 is 0 Å². The van der Waals surface area contributed by atoms with Crippen LogP contribution in [0.1, 0.15) is 32.4 Å². The molecule has 0 bridgehead atoms. The van der Waals surface area contributed by atoms with Gasteiger partial charge in [0.05, 0.1) is 5.69 Å². The third-order valence-electron chi connectivity index (χ3n) is 2.43. The van der Waals surface area contributed by atoms with Crippen molar-refractivity contribution in [3.8, 4) is 0 Å².